The first kappa shape index (κ1) is 13.0. The minimum atomic E-state index is 0.639. The van der Waals surface area contributed by atoms with Crippen LogP contribution in [0.4, 0.5) is 0 Å². The van der Waals surface area contributed by atoms with Crippen LogP contribution in [-0.2, 0) is 13.1 Å². The van der Waals surface area contributed by atoms with Gasteiger partial charge in [0.2, 0.25) is 0 Å². The molecule has 0 bridgehead atoms. The maximum absolute atomic E-state index is 5.35. The normalized spacial score (nSPS) is 10.6. The van der Waals surface area contributed by atoms with E-state index < -0.39 is 0 Å². The lowest BCUT2D eigenvalue weighted by molar-refractivity contribution is 0.406. The Morgan fingerprint density at radius 1 is 1.44 bits per heavy atom. The topological polar surface area (TPSA) is 52.0 Å². The standard InChI is InChI=1S/C12H15BrN4O/c1-14-6-12-15-8-16-17(12)7-9-5-10(13)3-4-11(9)18-2/h3-5,8,14H,6-7H2,1-2H3. The summed E-state index contributed by atoms with van der Waals surface area (Å²) >= 11 is 3.47. The van der Waals surface area contributed by atoms with E-state index in [-0.39, 0.29) is 0 Å². The van der Waals surface area contributed by atoms with Gasteiger partial charge in [-0.25, -0.2) is 9.67 Å². The van der Waals surface area contributed by atoms with Gasteiger partial charge in [0.05, 0.1) is 20.2 Å². The van der Waals surface area contributed by atoms with Crippen LogP contribution in [0.25, 0.3) is 0 Å². The van der Waals surface area contributed by atoms with Gasteiger partial charge < -0.3 is 10.1 Å². The maximum atomic E-state index is 5.35. The molecule has 0 fully saturated rings. The van der Waals surface area contributed by atoms with Crippen molar-refractivity contribution < 1.29 is 4.74 Å². The van der Waals surface area contributed by atoms with Crippen LogP contribution in [0, 0.1) is 0 Å². The van der Waals surface area contributed by atoms with Gasteiger partial charge in [-0.2, -0.15) is 5.10 Å². The average Bonchev–Trinajstić information content (AvgIpc) is 2.78. The fraction of sp³-hybridized carbons (Fsp3) is 0.333. The Kier molecular flexibility index (Phi) is 4.33. The SMILES string of the molecule is CNCc1ncnn1Cc1cc(Br)ccc1OC. The minimum Gasteiger partial charge on any atom is -0.496 e. The highest BCUT2D eigenvalue weighted by molar-refractivity contribution is 9.10. The zero-order valence-electron chi connectivity index (χ0n) is 10.4. The zero-order chi connectivity index (χ0) is 13.0. The first-order valence-electron chi connectivity index (χ1n) is 5.58. The number of methoxy groups -OCH3 is 1. The minimum absolute atomic E-state index is 0.639. The second-order valence-electron chi connectivity index (χ2n) is 3.82. The van der Waals surface area contributed by atoms with Gasteiger partial charge in [0.15, 0.2) is 0 Å². The van der Waals surface area contributed by atoms with Gasteiger partial charge in [0.1, 0.15) is 17.9 Å². The van der Waals surface area contributed by atoms with E-state index in [0.29, 0.717) is 13.1 Å². The van der Waals surface area contributed by atoms with E-state index in [9.17, 15) is 0 Å². The fourth-order valence-electron chi connectivity index (χ4n) is 1.75. The average molecular weight is 311 g/mol. The number of benzene rings is 1. The number of hydrogen-bond donors (Lipinski definition) is 1. The summed E-state index contributed by atoms with van der Waals surface area (Å²) in [6, 6.07) is 5.93. The smallest absolute Gasteiger partial charge is 0.141 e. The number of rotatable bonds is 5. The molecule has 96 valence electrons. The summed E-state index contributed by atoms with van der Waals surface area (Å²) in [5, 5.41) is 7.30. The van der Waals surface area contributed by atoms with Gasteiger partial charge in [0, 0.05) is 10.0 Å². The summed E-state index contributed by atoms with van der Waals surface area (Å²) in [5.74, 6) is 1.75. The quantitative estimate of drug-likeness (QED) is 0.915. The Morgan fingerprint density at radius 3 is 3.00 bits per heavy atom. The molecule has 0 unspecified atom stereocenters. The molecule has 0 aliphatic rings. The lowest BCUT2D eigenvalue weighted by Gasteiger charge is -2.10. The zero-order valence-corrected chi connectivity index (χ0v) is 11.9. The summed E-state index contributed by atoms with van der Waals surface area (Å²) in [7, 11) is 3.56. The van der Waals surface area contributed by atoms with Crippen LogP contribution in [0.3, 0.4) is 0 Å². The fourth-order valence-corrected chi connectivity index (χ4v) is 2.16. The van der Waals surface area contributed by atoms with Crippen LogP contribution in [0.1, 0.15) is 11.4 Å². The molecule has 5 nitrogen and oxygen atoms in total. The Hall–Kier alpha value is -1.40. The van der Waals surface area contributed by atoms with Crippen LogP contribution in [0.2, 0.25) is 0 Å². The number of hydrogen-bond acceptors (Lipinski definition) is 4. The van der Waals surface area contributed by atoms with Crippen molar-refractivity contribution in [3.63, 3.8) is 0 Å². The molecule has 0 saturated carbocycles. The number of ether oxygens (including phenoxy) is 1. The number of aromatic nitrogens is 3. The van der Waals surface area contributed by atoms with Crippen molar-refractivity contribution in [1.29, 1.82) is 0 Å². The molecule has 1 heterocycles. The molecule has 0 aliphatic heterocycles. The first-order valence-corrected chi connectivity index (χ1v) is 6.37. The van der Waals surface area contributed by atoms with Gasteiger partial charge in [-0.1, -0.05) is 15.9 Å². The lowest BCUT2D eigenvalue weighted by Crippen LogP contribution is -2.14. The van der Waals surface area contributed by atoms with E-state index in [1.165, 1.54) is 0 Å². The molecule has 1 aromatic heterocycles. The van der Waals surface area contributed by atoms with Crippen LogP contribution in [0.5, 0.6) is 5.75 Å². The molecular weight excluding hydrogens is 296 g/mol. The highest BCUT2D eigenvalue weighted by Crippen LogP contribution is 2.23. The lowest BCUT2D eigenvalue weighted by atomic mass is 10.2. The summed E-state index contributed by atoms with van der Waals surface area (Å²) in [5.41, 5.74) is 1.06. The Morgan fingerprint density at radius 2 is 2.28 bits per heavy atom. The molecule has 18 heavy (non-hydrogen) atoms. The second kappa shape index (κ2) is 5.97. The molecule has 0 spiro atoms. The number of nitrogens with one attached hydrogen (secondary N) is 1. The van der Waals surface area contributed by atoms with Crippen molar-refractivity contribution in [2.75, 3.05) is 14.2 Å². The predicted octanol–water partition coefficient (Wildman–Crippen LogP) is 1.82. The first-order chi connectivity index (χ1) is 8.74. The van der Waals surface area contributed by atoms with Crippen LogP contribution >= 0.6 is 15.9 Å². The van der Waals surface area contributed by atoms with E-state index in [0.717, 1.165) is 21.6 Å². The predicted molar refractivity (Wildman–Crippen MR) is 72.6 cm³/mol. The van der Waals surface area contributed by atoms with Crippen LogP contribution < -0.4 is 10.1 Å². The largest absolute Gasteiger partial charge is 0.496 e. The highest BCUT2D eigenvalue weighted by atomic mass is 79.9. The molecule has 2 aromatic rings. The number of nitrogens with zero attached hydrogens (tertiary/aromatic N) is 3. The molecule has 0 amide bonds. The van der Waals surface area contributed by atoms with E-state index in [1.54, 1.807) is 13.4 Å². The van der Waals surface area contributed by atoms with Crippen molar-refractivity contribution in [2.45, 2.75) is 13.1 Å². The van der Waals surface area contributed by atoms with Crippen molar-refractivity contribution >= 4 is 15.9 Å². The van der Waals surface area contributed by atoms with E-state index in [4.69, 9.17) is 4.74 Å². The molecule has 0 radical (unpaired) electrons. The van der Waals surface area contributed by atoms with Gasteiger partial charge >= 0.3 is 0 Å². The third kappa shape index (κ3) is 2.88. The van der Waals surface area contributed by atoms with E-state index in [2.05, 4.69) is 31.3 Å². The van der Waals surface area contributed by atoms with Crippen molar-refractivity contribution in [1.82, 2.24) is 20.1 Å². The maximum Gasteiger partial charge on any atom is 0.141 e. The van der Waals surface area contributed by atoms with Gasteiger partial charge in [-0.05, 0) is 25.2 Å². The Bertz CT molecular complexity index is 527. The van der Waals surface area contributed by atoms with Crippen molar-refractivity contribution in [3.8, 4) is 5.75 Å². The summed E-state index contributed by atoms with van der Waals surface area (Å²) in [6.07, 6.45) is 1.57. The molecule has 0 aliphatic carbocycles. The second-order valence-corrected chi connectivity index (χ2v) is 4.74. The van der Waals surface area contributed by atoms with Crippen LogP contribution in [-0.4, -0.2) is 28.9 Å². The van der Waals surface area contributed by atoms with E-state index in [1.807, 2.05) is 29.9 Å². The Labute approximate surface area is 114 Å². The molecule has 1 N–H and O–H groups in total. The molecule has 0 atom stereocenters. The molecular formula is C12H15BrN4O. The molecule has 0 saturated heterocycles. The summed E-state index contributed by atoms with van der Waals surface area (Å²) < 4.78 is 8.23. The number of halogens is 1. The summed E-state index contributed by atoms with van der Waals surface area (Å²) in [4.78, 5) is 4.22. The van der Waals surface area contributed by atoms with Gasteiger partial charge in [-0.3, -0.25) is 0 Å². The van der Waals surface area contributed by atoms with E-state index >= 15 is 0 Å². The molecule has 2 rings (SSSR count). The molecule has 6 heteroatoms. The highest BCUT2D eigenvalue weighted by Gasteiger charge is 2.08. The van der Waals surface area contributed by atoms with Crippen molar-refractivity contribution in [3.05, 3.63) is 40.4 Å². The third-order valence-corrected chi connectivity index (χ3v) is 3.09. The van der Waals surface area contributed by atoms with Gasteiger partial charge in [0.25, 0.3) is 0 Å². The Balaban J connectivity index is 2.27. The monoisotopic (exact) mass is 310 g/mol. The van der Waals surface area contributed by atoms with Crippen LogP contribution in [0.15, 0.2) is 29.0 Å². The third-order valence-electron chi connectivity index (χ3n) is 2.59. The van der Waals surface area contributed by atoms with Gasteiger partial charge in [-0.15, -0.1) is 0 Å². The molecule has 1 aromatic carbocycles. The van der Waals surface area contributed by atoms with Crippen molar-refractivity contribution in [2.24, 2.45) is 0 Å². The summed E-state index contributed by atoms with van der Waals surface area (Å²) in [6.45, 7) is 1.33.